The van der Waals surface area contributed by atoms with Crippen molar-refractivity contribution < 1.29 is 29.5 Å². The fraction of sp³-hybridized carbons (Fsp3) is 0.500. The van der Waals surface area contributed by atoms with E-state index in [9.17, 15) is 14.7 Å². The summed E-state index contributed by atoms with van der Waals surface area (Å²) in [6.45, 7) is 5.10. The minimum absolute atomic E-state index is 0.123. The number of nitrogens with one attached hydrogen (secondary N) is 1. The molecule has 0 aliphatic heterocycles. The van der Waals surface area contributed by atoms with Gasteiger partial charge in [-0.25, -0.2) is 9.59 Å². The molecule has 0 bridgehead atoms. The summed E-state index contributed by atoms with van der Waals surface area (Å²) in [5.74, 6) is -1.15. The molecule has 4 N–H and O–H groups in total. The zero-order valence-corrected chi connectivity index (χ0v) is 14.2. The fourth-order valence-electron chi connectivity index (χ4n) is 2.02. The van der Waals surface area contributed by atoms with Gasteiger partial charge in [0, 0.05) is 6.42 Å². The zero-order chi connectivity index (χ0) is 18.3. The van der Waals surface area contributed by atoms with Crippen LogP contribution in [0.5, 0.6) is 0 Å². The first-order valence-electron chi connectivity index (χ1n) is 7.73. The molecule has 0 aromatic heterocycles. The van der Waals surface area contributed by atoms with Crippen LogP contribution < -0.4 is 5.32 Å². The summed E-state index contributed by atoms with van der Waals surface area (Å²) < 4.78 is 5.07. The van der Waals surface area contributed by atoms with Gasteiger partial charge >= 0.3 is 19.2 Å². The fourth-order valence-corrected chi connectivity index (χ4v) is 2.02. The van der Waals surface area contributed by atoms with Crippen LogP contribution in [0.2, 0.25) is 6.32 Å². The van der Waals surface area contributed by atoms with Gasteiger partial charge in [0.2, 0.25) is 0 Å². The van der Waals surface area contributed by atoms with Gasteiger partial charge in [-0.15, -0.1) is 0 Å². The Kier molecular flexibility index (Phi) is 7.25. The van der Waals surface area contributed by atoms with Gasteiger partial charge in [0.15, 0.2) is 0 Å². The highest BCUT2D eigenvalue weighted by molar-refractivity contribution is 6.40. The first kappa shape index (κ1) is 20.0. The lowest BCUT2D eigenvalue weighted by molar-refractivity contribution is -0.139. The molecule has 0 aliphatic carbocycles. The molecule has 0 heterocycles. The molecule has 0 saturated carbocycles. The number of aliphatic carboxylic acids is 1. The van der Waals surface area contributed by atoms with Crippen LogP contribution in [0.25, 0.3) is 0 Å². The lowest BCUT2D eigenvalue weighted by Crippen LogP contribution is -2.44. The SMILES string of the molecule is CC(C)(C)OC(=O)NC(Cc1ccc(CCB(O)O)cc1)C(=O)O. The normalized spacial score (nSPS) is 12.4. The lowest BCUT2D eigenvalue weighted by atomic mass is 9.82. The standard InChI is InChI=1S/C16H24BNO6/c1-16(2,3)24-15(21)18-13(14(19)20)10-12-6-4-11(5-7-12)8-9-17(22)23/h4-7,13,22-23H,8-10H2,1-3H3,(H,18,21)(H,19,20). The van der Waals surface area contributed by atoms with Gasteiger partial charge in [-0.2, -0.15) is 0 Å². The number of hydrogen-bond donors (Lipinski definition) is 4. The Morgan fingerprint density at radius 2 is 1.71 bits per heavy atom. The van der Waals surface area contributed by atoms with E-state index in [0.29, 0.717) is 6.42 Å². The van der Waals surface area contributed by atoms with Crippen LogP contribution in [0.4, 0.5) is 4.79 Å². The molecule has 1 rings (SSSR count). The summed E-state index contributed by atoms with van der Waals surface area (Å²) in [7, 11) is -1.35. The van der Waals surface area contributed by atoms with E-state index >= 15 is 0 Å². The van der Waals surface area contributed by atoms with Crippen LogP contribution >= 0.6 is 0 Å². The van der Waals surface area contributed by atoms with E-state index in [-0.39, 0.29) is 12.7 Å². The van der Waals surface area contributed by atoms with Crippen molar-refractivity contribution in [2.75, 3.05) is 0 Å². The molecule has 0 radical (unpaired) electrons. The average Bonchev–Trinajstić information content (AvgIpc) is 2.43. The van der Waals surface area contributed by atoms with Crippen LogP contribution in [0.3, 0.4) is 0 Å². The van der Waals surface area contributed by atoms with Gasteiger partial charge in [0.1, 0.15) is 11.6 Å². The Morgan fingerprint density at radius 3 is 2.17 bits per heavy atom. The molecule has 1 aromatic rings. The van der Waals surface area contributed by atoms with Crippen molar-refractivity contribution in [2.45, 2.75) is 51.6 Å². The van der Waals surface area contributed by atoms with Gasteiger partial charge < -0.3 is 25.2 Å². The minimum atomic E-state index is -1.35. The summed E-state index contributed by atoms with van der Waals surface area (Å²) in [5, 5.41) is 29.3. The number of benzene rings is 1. The van der Waals surface area contributed by atoms with E-state index in [1.165, 1.54) is 0 Å². The predicted molar refractivity (Wildman–Crippen MR) is 89.6 cm³/mol. The summed E-state index contributed by atoms with van der Waals surface area (Å²) in [5.41, 5.74) is 0.956. The Labute approximate surface area is 141 Å². The van der Waals surface area contributed by atoms with Crippen LogP contribution in [-0.2, 0) is 22.4 Å². The van der Waals surface area contributed by atoms with Crippen molar-refractivity contribution in [3.05, 3.63) is 35.4 Å². The number of carbonyl (C=O) groups is 2. The summed E-state index contributed by atoms with van der Waals surface area (Å²) >= 11 is 0. The number of aryl methyl sites for hydroxylation is 1. The summed E-state index contributed by atoms with van der Waals surface area (Å²) in [6.07, 6.45) is 0.0917. The predicted octanol–water partition coefficient (Wildman–Crippen LogP) is 1.22. The third kappa shape index (κ3) is 7.98. The molecule has 1 amide bonds. The molecule has 0 spiro atoms. The second kappa shape index (κ2) is 8.70. The molecule has 1 atom stereocenters. The van der Waals surface area contributed by atoms with Gasteiger partial charge in [-0.3, -0.25) is 0 Å². The zero-order valence-electron chi connectivity index (χ0n) is 14.2. The van der Waals surface area contributed by atoms with Crippen molar-refractivity contribution >= 4 is 19.2 Å². The minimum Gasteiger partial charge on any atom is -0.480 e. The molecular weight excluding hydrogens is 313 g/mol. The first-order chi connectivity index (χ1) is 11.1. The summed E-state index contributed by atoms with van der Waals surface area (Å²) in [4.78, 5) is 23.0. The highest BCUT2D eigenvalue weighted by atomic mass is 16.6. The number of carboxylic acids is 1. The topological polar surface area (TPSA) is 116 Å². The molecule has 7 nitrogen and oxygen atoms in total. The number of hydrogen-bond acceptors (Lipinski definition) is 5. The van der Waals surface area contributed by atoms with Crippen molar-refractivity contribution in [3.8, 4) is 0 Å². The van der Waals surface area contributed by atoms with Crippen molar-refractivity contribution in [3.63, 3.8) is 0 Å². The Morgan fingerprint density at radius 1 is 1.17 bits per heavy atom. The maximum absolute atomic E-state index is 11.7. The van der Waals surface area contributed by atoms with Gasteiger partial charge in [0.05, 0.1) is 0 Å². The molecule has 0 aliphatic rings. The third-order valence-electron chi connectivity index (χ3n) is 3.14. The van der Waals surface area contributed by atoms with Crippen LogP contribution in [0, 0.1) is 0 Å². The van der Waals surface area contributed by atoms with Gasteiger partial charge in [0.25, 0.3) is 0 Å². The number of carbonyl (C=O) groups excluding carboxylic acids is 1. The Balaban J connectivity index is 2.65. The number of amides is 1. The van der Waals surface area contributed by atoms with Crippen molar-refractivity contribution in [2.24, 2.45) is 0 Å². The molecule has 1 unspecified atom stereocenters. The second-order valence-electron chi connectivity index (χ2n) is 6.58. The Bertz CT molecular complexity index is 553. The monoisotopic (exact) mass is 337 g/mol. The maximum atomic E-state index is 11.7. The number of alkyl carbamates (subject to hydrolysis) is 1. The molecule has 0 saturated heterocycles. The molecular formula is C16H24BNO6. The third-order valence-corrected chi connectivity index (χ3v) is 3.14. The Hall–Kier alpha value is -2.06. The van der Waals surface area contributed by atoms with Crippen LogP contribution in [0.1, 0.15) is 31.9 Å². The number of carboxylic acid groups (broad SMARTS) is 1. The van der Waals surface area contributed by atoms with E-state index in [1.807, 2.05) is 0 Å². The van der Waals surface area contributed by atoms with E-state index in [2.05, 4.69) is 5.32 Å². The van der Waals surface area contributed by atoms with Crippen LogP contribution in [-0.4, -0.2) is 46.0 Å². The van der Waals surface area contributed by atoms with Gasteiger partial charge in [-0.1, -0.05) is 24.3 Å². The summed E-state index contributed by atoms with van der Waals surface area (Å²) in [6, 6.07) is 6.01. The van der Waals surface area contributed by atoms with E-state index < -0.39 is 30.8 Å². The first-order valence-corrected chi connectivity index (χ1v) is 7.73. The van der Waals surface area contributed by atoms with E-state index in [4.69, 9.17) is 14.8 Å². The molecule has 0 fully saturated rings. The highest BCUT2D eigenvalue weighted by Gasteiger charge is 2.24. The molecule has 1 aromatic carbocycles. The van der Waals surface area contributed by atoms with E-state index in [0.717, 1.165) is 11.1 Å². The van der Waals surface area contributed by atoms with Crippen molar-refractivity contribution in [1.29, 1.82) is 0 Å². The quantitative estimate of drug-likeness (QED) is 0.556. The highest BCUT2D eigenvalue weighted by Crippen LogP contribution is 2.11. The molecule has 8 heteroatoms. The maximum Gasteiger partial charge on any atom is 0.451 e. The second-order valence-corrected chi connectivity index (χ2v) is 6.58. The number of ether oxygens (including phenoxy) is 1. The molecule has 132 valence electrons. The van der Waals surface area contributed by atoms with E-state index in [1.54, 1.807) is 45.0 Å². The smallest absolute Gasteiger partial charge is 0.451 e. The van der Waals surface area contributed by atoms with Crippen molar-refractivity contribution in [1.82, 2.24) is 5.32 Å². The number of rotatable bonds is 7. The van der Waals surface area contributed by atoms with Crippen LogP contribution in [0.15, 0.2) is 24.3 Å². The van der Waals surface area contributed by atoms with Gasteiger partial charge in [-0.05, 0) is 44.6 Å². The largest absolute Gasteiger partial charge is 0.480 e. The average molecular weight is 337 g/mol. The lowest BCUT2D eigenvalue weighted by Gasteiger charge is -2.22. The molecule has 24 heavy (non-hydrogen) atoms.